The van der Waals surface area contributed by atoms with E-state index >= 15 is 0 Å². The molecule has 2 aromatic carbocycles. The van der Waals surface area contributed by atoms with Gasteiger partial charge in [0.05, 0.1) is 0 Å². The Morgan fingerprint density at radius 1 is 1.04 bits per heavy atom. The van der Waals surface area contributed by atoms with Crippen molar-refractivity contribution in [1.82, 2.24) is 5.32 Å². The molecule has 0 saturated carbocycles. The highest BCUT2D eigenvalue weighted by molar-refractivity contribution is 5.80. The van der Waals surface area contributed by atoms with Gasteiger partial charge in [0.25, 0.3) is 5.91 Å². The first-order chi connectivity index (χ1) is 11.1. The highest BCUT2D eigenvalue weighted by Gasteiger charge is 2.15. The Bertz CT molecular complexity index is 611. The molecule has 122 valence electrons. The molecule has 2 aromatic rings. The average Bonchev–Trinajstić information content (AvgIpc) is 2.60. The second-order valence-electron chi connectivity index (χ2n) is 5.74. The molecule has 0 spiro atoms. The van der Waals surface area contributed by atoms with Gasteiger partial charge in [-0.15, -0.1) is 0 Å². The van der Waals surface area contributed by atoms with Gasteiger partial charge in [0, 0.05) is 6.54 Å². The van der Waals surface area contributed by atoms with Crippen molar-refractivity contribution in [3.05, 3.63) is 54.6 Å². The third-order valence-electron chi connectivity index (χ3n) is 3.67. The van der Waals surface area contributed by atoms with Crippen molar-refractivity contribution in [3.8, 4) is 16.9 Å². The molecule has 2 rings (SSSR count). The molecule has 4 heteroatoms. The van der Waals surface area contributed by atoms with Crippen molar-refractivity contribution >= 4 is 5.91 Å². The summed E-state index contributed by atoms with van der Waals surface area (Å²) in [5, 5.41) is 2.85. The largest absolute Gasteiger partial charge is 0.481 e. The molecule has 2 unspecified atom stereocenters. The fourth-order valence-electron chi connectivity index (χ4n) is 2.12. The predicted octanol–water partition coefficient (Wildman–Crippen LogP) is 2.83. The molecule has 0 saturated heterocycles. The van der Waals surface area contributed by atoms with Gasteiger partial charge in [-0.05, 0) is 42.6 Å². The summed E-state index contributed by atoms with van der Waals surface area (Å²) in [6.45, 7) is 4.86. The molecular weight excluding hydrogens is 288 g/mol. The second-order valence-corrected chi connectivity index (χ2v) is 5.74. The van der Waals surface area contributed by atoms with Gasteiger partial charge in [-0.2, -0.15) is 0 Å². The van der Waals surface area contributed by atoms with Crippen LogP contribution in [-0.2, 0) is 4.79 Å². The van der Waals surface area contributed by atoms with E-state index in [1.165, 1.54) is 0 Å². The zero-order chi connectivity index (χ0) is 16.7. The van der Waals surface area contributed by atoms with E-state index in [-0.39, 0.29) is 11.8 Å². The molecule has 0 aliphatic heterocycles. The smallest absolute Gasteiger partial charge is 0.260 e. The van der Waals surface area contributed by atoms with Crippen LogP contribution in [0.5, 0.6) is 5.75 Å². The predicted molar refractivity (Wildman–Crippen MR) is 93.2 cm³/mol. The lowest BCUT2D eigenvalue weighted by molar-refractivity contribution is -0.127. The van der Waals surface area contributed by atoms with E-state index < -0.39 is 6.10 Å². The van der Waals surface area contributed by atoms with Crippen LogP contribution in [0.15, 0.2) is 54.6 Å². The van der Waals surface area contributed by atoms with Gasteiger partial charge < -0.3 is 15.8 Å². The number of hydrogen-bond donors (Lipinski definition) is 2. The van der Waals surface area contributed by atoms with Crippen molar-refractivity contribution < 1.29 is 9.53 Å². The number of carbonyl (C=O) groups excluding carboxylic acids is 1. The summed E-state index contributed by atoms with van der Waals surface area (Å²) in [5.74, 6) is 0.813. The summed E-state index contributed by atoms with van der Waals surface area (Å²) in [6.07, 6.45) is -0.539. The van der Waals surface area contributed by atoms with E-state index in [0.717, 1.165) is 11.1 Å². The van der Waals surface area contributed by atoms with Gasteiger partial charge in [0.1, 0.15) is 5.75 Å². The highest BCUT2D eigenvalue weighted by Crippen LogP contribution is 2.22. The maximum absolute atomic E-state index is 12.0. The molecule has 0 radical (unpaired) electrons. The maximum Gasteiger partial charge on any atom is 0.260 e. The number of benzene rings is 2. The SMILES string of the molecule is CC(CN)CNC(=O)C(C)Oc1ccc(-c2ccccc2)cc1. The monoisotopic (exact) mass is 312 g/mol. The summed E-state index contributed by atoms with van der Waals surface area (Å²) < 4.78 is 5.69. The van der Waals surface area contributed by atoms with Crippen molar-refractivity contribution in [2.45, 2.75) is 20.0 Å². The topological polar surface area (TPSA) is 64.3 Å². The second kappa shape index (κ2) is 8.34. The number of carbonyl (C=O) groups is 1. The van der Waals surface area contributed by atoms with Crippen LogP contribution in [0.25, 0.3) is 11.1 Å². The molecule has 0 aliphatic carbocycles. The Labute approximate surface area is 137 Å². The minimum absolute atomic E-state index is 0.127. The number of rotatable bonds is 7. The van der Waals surface area contributed by atoms with Crippen molar-refractivity contribution in [1.29, 1.82) is 0 Å². The molecule has 2 atom stereocenters. The van der Waals surface area contributed by atoms with E-state index in [0.29, 0.717) is 18.8 Å². The van der Waals surface area contributed by atoms with Gasteiger partial charge in [-0.3, -0.25) is 4.79 Å². The average molecular weight is 312 g/mol. The third-order valence-corrected chi connectivity index (χ3v) is 3.67. The van der Waals surface area contributed by atoms with Crippen LogP contribution in [0.2, 0.25) is 0 Å². The molecule has 0 fully saturated rings. The van der Waals surface area contributed by atoms with Gasteiger partial charge in [0.2, 0.25) is 0 Å². The summed E-state index contributed by atoms with van der Waals surface area (Å²) in [6, 6.07) is 17.9. The molecule has 0 aliphatic rings. The Kier molecular flexibility index (Phi) is 6.18. The number of nitrogens with two attached hydrogens (primary N) is 1. The van der Waals surface area contributed by atoms with Gasteiger partial charge in [-0.25, -0.2) is 0 Å². The molecule has 0 heterocycles. The van der Waals surface area contributed by atoms with Crippen molar-refractivity contribution in [2.75, 3.05) is 13.1 Å². The van der Waals surface area contributed by atoms with Crippen molar-refractivity contribution in [2.24, 2.45) is 11.7 Å². The zero-order valence-corrected chi connectivity index (χ0v) is 13.7. The van der Waals surface area contributed by atoms with Gasteiger partial charge in [0.15, 0.2) is 6.10 Å². The molecular formula is C19H24N2O2. The number of amides is 1. The van der Waals surface area contributed by atoms with Crippen LogP contribution < -0.4 is 15.8 Å². The van der Waals surface area contributed by atoms with Crippen molar-refractivity contribution in [3.63, 3.8) is 0 Å². The van der Waals surface area contributed by atoms with Crippen LogP contribution in [0.1, 0.15) is 13.8 Å². The normalized spacial score (nSPS) is 13.2. The minimum Gasteiger partial charge on any atom is -0.481 e. The van der Waals surface area contributed by atoms with Crippen LogP contribution in [-0.4, -0.2) is 25.1 Å². The Hall–Kier alpha value is -2.33. The molecule has 1 amide bonds. The van der Waals surface area contributed by atoms with Crippen LogP contribution in [0.4, 0.5) is 0 Å². The lowest BCUT2D eigenvalue weighted by Crippen LogP contribution is -2.39. The number of nitrogens with one attached hydrogen (secondary N) is 1. The molecule has 0 bridgehead atoms. The Morgan fingerprint density at radius 3 is 2.26 bits per heavy atom. The number of ether oxygens (including phenoxy) is 1. The molecule has 23 heavy (non-hydrogen) atoms. The van der Waals surface area contributed by atoms with Crippen LogP contribution >= 0.6 is 0 Å². The summed E-state index contributed by atoms with van der Waals surface area (Å²) in [5.41, 5.74) is 7.81. The number of hydrogen-bond acceptors (Lipinski definition) is 3. The molecule has 0 aromatic heterocycles. The van der Waals surface area contributed by atoms with E-state index in [4.69, 9.17) is 10.5 Å². The fraction of sp³-hybridized carbons (Fsp3) is 0.316. The Balaban J connectivity index is 1.91. The van der Waals surface area contributed by atoms with E-state index in [1.807, 2.05) is 49.4 Å². The highest BCUT2D eigenvalue weighted by atomic mass is 16.5. The minimum atomic E-state index is -0.539. The first kappa shape index (κ1) is 17.0. The Morgan fingerprint density at radius 2 is 1.65 bits per heavy atom. The first-order valence-corrected chi connectivity index (χ1v) is 7.90. The lowest BCUT2D eigenvalue weighted by atomic mass is 10.1. The standard InChI is InChI=1S/C19H24N2O2/c1-14(12-20)13-21-19(22)15(2)23-18-10-8-17(9-11-18)16-6-4-3-5-7-16/h3-11,14-15H,12-13,20H2,1-2H3,(H,21,22). The zero-order valence-electron chi connectivity index (χ0n) is 13.7. The van der Waals surface area contributed by atoms with Gasteiger partial charge >= 0.3 is 0 Å². The summed E-state index contributed by atoms with van der Waals surface area (Å²) in [7, 11) is 0. The summed E-state index contributed by atoms with van der Waals surface area (Å²) in [4.78, 5) is 12.0. The maximum atomic E-state index is 12.0. The van der Waals surface area contributed by atoms with Gasteiger partial charge in [-0.1, -0.05) is 49.4 Å². The molecule has 3 N–H and O–H groups in total. The molecule has 4 nitrogen and oxygen atoms in total. The van der Waals surface area contributed by atoms with Crippen LogP contribution in [0, 0.1) is 5.92 Å². The van der Waals surface area contributed by atoms with E-state index in [1.54, 1.807) is 6.92 Å². The quantitative estimate of drug-likeness (QED) is 0.826. The fourth-order valence-corrected chi connectivity index (χ4v) is 2.12. The first-order valence-electron chi connectivity index (χ1n) is 7.90. The van der Waals surface area contributed by atoms with Crippen LogP contribution in [0.3, 0.4) is 0 Å². The van der Waals surface area contributed by atoms with E-state index in [9.17, 15) is 4.79 Å². The third kappa shape index (κ3) is 5.11. The lowest BCUT2D eigenvalue weighted by Gasteiger charge is -2.16. The summed E-state index contributed by atoms with van der Waals surface area (Å²) >= 11 is 0. The van der Waals surface area contributed by atoms with E-state index in [2.05, 4.69) is 17.4 Å².